The largest absolute Gasteiger partial charge is 0.288 e. The number of carbonyl (C=O) groups excluding carboxylic acids is 1. The van der Waals surface area contributed by atoms with Crippen molar-refractivity contribution in [3.05, 3.63) is 70.1 Å². The van der Waals surface area contributed by atoms with E-state index in [2.05, 4.69) is 9.97 Å². The summed E-state index contributed by atoms with van der Waals surface area (Å²) < 4.78 is 25.3. The molecule has 132 valence electrons. The van der Waals surface area contributed by atoms with Crippen LogP contribution in [0.5, 0.6) is 0 Å². The molecule has 0 radical (unpaired) electrons. The van der Waals surface area contributed by atoms with E-state index in [1.165, 1.54) is 40.9 Å². The van der Waals surface area contributed by atoms with Crippen molar-refractivity contribution in [2.24, 2.45) is 0 Å². The van der Waals surface area contributed by atoms with Crippen LogP contribution in [0.2, 0.25) is 0 Å². The van der Waals surface area contributed by atoms with Gasteiger partial charge in [0, 0.05) is 11.1 Å². The Bertz CT molecular complexity index is 1320. The summed E-state index contributed by atoms with van der Waals surface area (Å²) in [5.41, 5.74) is 1.23. The van der Waals surface area contributed by atoms with E-state index >= 15 is 0 Å². The number of ketones is 1. The fourth-order valence-corrected chi connectivity index (χ4v) is 6.58. The van der Waals surface area contributed by atoms with Crippen LogP contribution in [0, 0.1) is 0 Å². The minimum absolute atomic E-state index is 0.0594. The Morgan fingerprint density at radius 2 is 1.56 bits per heavy atom. The summed E-state index contributed by atoms with van der Waals surface area (Å²) in [5, 5.41) is 1.32. The number of Topliss-reactive ketones (excluding diaryl/α,β-unsaturated/α-hetero) is 1. The molecule has 0 saturated carbocycles. The minimum Gasteiger partial charge on any atom is -0.288 e. The zero-order valence-corrected chi connectivity index (χ0v) is 16.1. The molecule has 1 aliphatic rings. The van der Waals surface area contributed by atoms with Gasteiger partial charge in [-0.3, -0.25) is 4.79 Å². The molecule has 0 spiro atoms. The first kappa shape index (κ1) is 16.5. The molecule has 0 saturated heterocycles. The van der Waals surface area contributed by atoms with E-state index in [1.54, 1.807) is 12.1 Å². The number of aromatic nitrogens is 2. The maximum absolute atomic E-state index is 12.7. The number of carbonyl (C=O) groups is 1. The van der Waals surface area contributed by atoms with Gasteiger partial charge < -0.3 is 0 Å². The van der Waals surface area contributed by atoms with Gasteiger partial charge in [0.1, 0.15) is 14.9 Å². The Hall–Kier alpha value is -2.68. The van der Waals surface area contributed by atoms with Crippen molar-refractivity contribution >= 4 is 54.0 Å². The normalized spacial score (nSPS) is 16.9. The van der Waals surface area contributed by atoms with Crippen LogP contribution in [-0.2, 0) is 9.84 Å². The van der Waals surface area contributed by atoms with Crippen LogP contribution in [-0.4, -0.2) is 24.2 Å². The van der Waals surface area contributed by atoms with Gasteiger partial charge in [0.2, 0.25) is 15.6 Å². The maximum Gasteiger partial charge on any atom is 0.211 e. The van der Waals surface area contributed by atoms with E-state index in [9.17, 15) is 13.2 Å². The van der Waals surface area contributed by atoms with Gasteiger partial charge in [-0.1, -0.05) is 65.1 Å². The molecule has 0 amide bonds. The second-order valence-corrected chi connectivity index (χ2v) is 9.76. The molecule has 0 bridgehead atoms. The molecule has 4 aromatic rings. The average molecular weight is 411 g/mol. The van der Waals surface area contributed by atoms with Gasteiger partial charge in [0.25, 0.3) is 0 Å². The second-order valence-electron chi connectivity index (χ2n) is 5.88. The first-order valence-corrected chi connectivity index (χ1v) is 11.1. The molecule has 5 nitrogen and oxygen atoms in total. The highest BCUT2D eigenvalue weighted by molar-refractivity contribution is 7.97. The first-order valence-electron chi connectivity index (χ1n) is 7.97. The van der Waals surface area contributed by atoms with Crippen molar-refractivity contribution in [1.82, 2.24) is 9.97 Å². The van der Waals surface area contributed by atoms with Crippen LogP contribution in [0.15, 0.2) is 64.4 Å². The number of rotatable bonds is 2. The number of allylic oxidation sites excluding steroid dienone is 1. The fourth-order valence-electron chi connectivity index (χ4n) is 2.94. The van der Waals surface area contributed by atoms with E-state index in [-0.39, 0.29) is 15.4 Å². The lowest BCUT2D eigenvalue weighted by Crippen LogP contribution is -2.01. The molecule has 0 N–H and O–H groups in total. The van der Waals surface area contributed by atoms with Gasteiger partial charge in [-0.2, -0.15) is 0 Å². The molecular formula is C19H10N2O3S3. The number of thiazole rings is 2. The topological polar surface area (TPSA) is 77.0 Å². The number of nitrogens with zero attached hydrogens (tertiary/aromatic N) is 2. The molecule has 0 fully saturated rings. The number of fused-ring (bicyclic) bond motifs is 2. The lowest BCUT2D eigenvalue weighted by Gasteiger charge is -1.95. The molecule has 0 aliphatic carbocycles. The molecule has 27 heavy (non-hydrogen) atoms. The van der Waals surface area contributed by atoms with E-state index in [1.807, 2.05) is 30.3 Å². The Labute approximate surface area is 162 Å². The van der Waals surface area contributed by atoms with Crippen LogP contribution in [0.25, 0.3) is 26.3 Å². The van der Waals surface area contributed by atoms with Crippen molar-refractivity contribution in [3.8, 4) is 10.6 Å². The van der Waals surface area contributed by atoms with E-state index in [4.69, 9.17) is 0 Å². The highest BCUT2D eigenvalue weighted by atomic mass is 32.2. The number of sulfone groups is 1. The summed E-state index contributed by atoms with van der Waals surface area (Å²) in [5.74, 6) is -0.484. The molecule has 3 heterocycles. The van der Waals surface area contributed by atoms with Crippen LogP contribution in [0.1, 0.15) is 15.4 Å². The number of benzene rings is 2. The third-order valence-electron chi connectivity index (χ3n) is 4.20. The third kappa shape index (κ3) is 2.56. The van der Waals surface area contributed by atoms with Gasteiger partial charge in [-0.15, -0.1) is 0 Å². The molecule has 5 rings (SSSR count). The summed E-state index contributed by atoms with van der Waals surface area (Å²) >= 11 is 2.72. The summed E-state index contributed by atoms with van der Waals surface area (Å²) in [7, 11) is -3.80. The molecule has 0 unspecified atom stereocenters. The smallest absolute Gasteiger partial charge is 0.211 e. The lowest BCUT2D eigenvalue weighted by atomic mass is 10.1. The van der Waals surface area contributed by atoms with Gasteiger partial charge in [-0.05, 0) is 18.2 Å². The van der Waals surface area contributed by atoms with Crippen molar-refractivity contribution in [2.45, 2.75) is 4.90 Å². The van der Waals surface area contributed by atoms with Crippen molar-refractivity contribution in [2.75, 3.05) is 0 Å². The second kappa shape index (κ2) is 5.91. The standard InChI is InChI=1S/C19H10N2O3S3/c22-16-12-8-4-5-9-13(12)27(23,24)14(16)10-15-20-18-19(25-15)21-17(26-18)11-6-2-1-3-7-11/h1-10H/b14-10+. The van der Waals surface area contributed by atoms with Crippen LogP contribution >= 0.6 is 22.7 Å². The SMILES string of the molecule is O=C1/C(=C\c2nc3sc(-c4ccccc4)nc3s2)S(=O)(=O)c2ccccc21. The predicted molar refractivity (Wildman–Crippen MR) is 107 cm³/mol. The van der Waals surface area contributed by atoms with Crippen molar-refractivity contribution in [3.63, 3.8) is 0 Å². The summed E-state index contributed by atoms with van der Waals surface area (Å²) in [6, 6.07) is 16.1. The summed E-state index contributed by atoms with van der Waals surface area (Å²) in [4.78, 5) is 22.9. The van der Waals surface area contributed by atoms with Crippen LogP contribution in [0.4, 0.5) is 0 Å². The zero-order valence-electron chi connectivity index (χ0n) is 13.6. The number of hydrogen-bond acceptors (Lipinski definition) is 7. The van der Waals surface area contributed by atoms with Gasteiger partial charge in [0.15, 0.2) is 9.66 Å². The molecule has 2 aromatic heterocycles. The van der Waals surface area contributed by atoms with Gasteiger partial charge in [0.05, 0.1) is 4.90 Å². The minimum atomic E-state index is -3.80. The Morgan fingerprint density at radius 1 is 0.852 bits per heavy atom. The molecular weight excluding hydrogens is 400 g/mol. The Balaban J connectivity index is 1.57. The zero-order chi connectivity index (χ0) is 18.6. The molecule has 1 aliphatic heterocycles. The maximum atomic E-state index is 12.7. The predicted octanol–water partition coefficient (Wildman–Crippen LogP) is 4.43. The monoisotopic (exact) mass is 410 g/mol. The Kier molecular flexibility index (Phi) is 3.61. The molecule has 0 atom stereocenters. The number of hydrogen-bond donors (Lipinski definition) is 0. The van der Waals surface area contributed by atoms with Crippen molar-refractivity contribution in [1.29, 1.82) is 0 Å². The van der Waals surface area contributed by atoms with Crippen molar-refractivity contribution < 1.29 is 13.2 Å². The van der Waals surface area contributed by atoms with E-state index in [0.29, 0.717) is 5.01 Å². The van der Waals surface area contributed by atoms with Gasteiger partial charge >= 0.3 is 0 Å². The molecule has 2 aromatic carbocycles. The third-order valence-corrected chi connectivity index (χ3v) is 8.04. The fraction of sp³-hybridized carbons (Fsp3) is 0. The Morgan fingerprint density at radius 3 is 2.30 bits per heavy atom. The molecule has 8 heteroatoms. The van der Waals surface area contributed by atoms with E-state index < -0.39 is 15.6 Å². The first-order chi connectivity index (χ1) is 13.0. The average Bonchev–Trinajstić information content (AvgIpc) is 3.29. The van der Waals surface area contributed by atoms with E-state index in [0.717, 1.165) is 20.2 Å². The highest BCUT2D eigenvalue weighted by Gasteiger charge is 2.39. The highest BCUT2D eigenvalue weighted by Crippen LogP contribution is 2.37. The summed E-state index contributed by atoms with van der Waals surface area (Å²) in [6.07, 6.45) is 1.36. The lowest BCUT2D eigenvalue weighted by molar-refractivity contribution is 0.104. The quantitative estimate of drug-likeness (QED) is 0.457. The van der Waals surface area contributed by atoms with Gasteiger partial charge in [-0.25, -0.2) is 18.4 Å². The van der Waals surface area contributed by atoms with Crippen LogP contribution in [0.3, 0.4) is 0 Å². The summed E-state index contributed by atoms with van der Waals surface area (Å²) in [6.45, 7) is 0. The van der Waals surface area contributed by atoms with Crippen LogP contribution < -0.4 is 0 Å².